The summed E-state index contributed by atoms with van der Waals surface area (Å²) >= 11 is 1.68. The third-order valence-corrected chi connectivity index (χ3v) is 3.14. The zero-order valence-corrected chi connectivity index (χ0v) is 10.3. The molecular formula is C12H13N3OS. The van der Waals surface area contributed by atoms with Gasteiger partial charge in [-0.1, -0.05) is 0 Å². The van der Waals surface area contributed by atoms with Gasteiger partial charge in [-0.3, -0.25) is 4.98 Å². The molecule has 0 aromatic carbocycles. The van der Waals surface area contributed by atoms with Gasteiger partial charge in [0, 0.05) is 16.0 Å². The molecule has 0 bridgehead atoms. The SMILES string of the molecule is Cc1ccc(CNC(=O)Nc2cccnc2)s1. The van der Waals surface area contributed by atoms with Crippen LogP contribution in [0.3, 0.4) is 0 Å². The van der Waals surface area contributed by atoms with Crippen LogP contribution in [0.15, 0.2) is 36.7 Å². The van der Waals surface area contributed by atoms with Gasteiger partial charge in [-0.2, -0.15) is 0 Å². The van der Waals surface area contributed by atoms with Crippen molar-refractivity contribution < 1.29 is 4.79 Å². The standard InChI is InChI=1S/C12H13N3OS/c1-9-4-5-11(17-9)8-14-12(16)15-10-3-2-6-13-7-10/h2-7H,8H2,1H3,(H2,14,15,16). The minimum atomic E-state index is -0.218. The predicted octanol–water partition coefficient (Wildman–Crippen LogP) is 2.77. The van der Waals surface area contributed by atoms with Crippen molar-refractivity contribution in [2.24, 2.45) is 0 Å². The van der Waals surface area contributed by atoms with Crippen LogP contribution in [-0.4, -0.2) is 11.0 Å². The number of anilines is 1. The molecule has 2 aromatic rings. The van der Waals surface area contributed by atoms with E-state index in [1.54, 1.807) is 35.9 Å². The van der Waals surface area contributed by atoms with Gasteiger partial charge in [0.05, 0.1) is 18.4 Å². The fourth-order valence-electron chi connectivity index (χ4n) is 1.36. The molecule has 0 aliphatic carbocycles. The topological polar surface area (TPSA) is 54.0 Å². The molecule has 4 nitrogen and oxygen atoms in total. The summed E-state index contributed by atoms with van der Waals surface area (Å²) in [6, 6.07) is 7.41. The zero-order valence-electron chi connectivity index (χ0n) is 9.43. The van der Waals surface area contributed by atoms with Gasteiger partial charge in [0.2, 0.25) is 0 Å². The fourth-order valence-corrected chi connectivity index (χ4v) is 2.19. The number of rotatable bonds is 3. The van der Waals surface area contributed by atoms with Crippen LogP contribution in [0.1, 0.15) is 9.75 Å². The number of aryl methyl sites for hydroxylation is 1. The molecule has 2 aromatic heterocycles. The van der Waals surface area contributed by atoms with Crippen molar-refractivity contribution in [3.05, 3.63) is 46.4 Å². The van der Waals surface area contributed by atoms with Crippen molar-refractivity contribution in [1.29, 1.82) is 0 Å². The van der Waals surface area contributed by atoms with Crippen LogP contribution in [0.2, 0.25) is 0 Å². The summed E-state index contributed by atoms with van der Waals surface area (Å²) in [7, 11) is 0. The normalized spacial score (nSPS) is 9.94. The number of nitrogens with zero attached hydrogens (tertiary/aromatic N) is 1. The molecular weight excluding hydrogens is 234 g/mol. The van der Waals surface area contributed by atoms with E-state index in [-0.39, 0.29) is 6.03 Å². The molecule has 0 atom stereocenters. The molecule has 2 heterocycles. The molecule has 0 radical (unpaired) electrons. The number of hydrogen-bond donors (Lipinski definition) is 2. The van der Waals surface area contributed by atoms with Crippen LogP contribution in [0.4, 0.5) is 10.5 Å². The number of nitrogens with one attached hydrogen (secondary N) is 2. The first kappa shape index (κ1) is 11.6. The molecule has 2 amide bonds. The van der Waals surface area contributed by atoms with E-state index in [2.05, 4.69) is 15.6 Å². The molecule has 0 spiro atoms. The fraction of sp³-hybridized carbons (Fsp3) is 0.167. The summed E-state index contributed by atoms with van der Waals surface area (Å²) in [6.07, 6.45) is 3.27. The highest BCUT2D eigenvalue weighted by Crippen LogP contribution is 2.14. The molecule has 2 N–H and O–H groups in total. The lowest BCUT2D eigenvalue weighted by Crippen LogP contribution is -2.27. The molecule has 0 aliphatic heterocycles. The zero-order chi connectivity index (χ0) is 12.1. The number of carbonyl (C=O) groups is 1. The van der Waals surface area contributed by atoms with Gasteiger partial charge in [0.1, 0.15) is 0 Å². The first-order valence-electron chi connectivity index (χ1n) is 5.24. The van der Waals surface area contributed by atoms with Crippen molar-refractivity contribution in [1.82, 2.24) is 10.3 Å². The van der Waals surface area contributed by atoms with E-state index in [1.165, 1.54) is 4.88 Å². The number of carbonyl (C=O) groups excluding carboxylic acids is 1. The molecule has 0 saturated carbocycles. The van der Waals surface area contributed by atoms with Crippen LogP contribution in [0.25, 0.3) is 0 Å². The highest BCUT2D eigenvalue weighted by atomic mass is 32.1. The van der Waals surface area contributed by atoms with Crippen LogP contribution < -0.4 is 10.6 Å². The minimum Gasteiger partial charge on any atom is -0.333 e. The molecule has 0 fully saturated rings. The Morgan fingerprint density at radius 3 is 2.94 bits per heavy atom. The van der Waals surface area contributed by atoms with Gasteiger partial charge in [-0.05, 0) is 31.2 Å². The van der Waals surface area contributed by atoms with Gasteiger partial charge in [0.25, 0.3) is 0 Å². The van der Waals surface area contributed by atoms with Crippen LogP contribution in [0.5, 0.6) is 0 Å². The van der Waals surface area contributed by atoms with E-state index in [1.807, 2.05) is 19.1 Å². The maximum Gasteiger partial charge on any atom is 0.319 e. The number of aromatic nitrogens is 1. The highest BCUT2D eigenvalue weighted by molar-refractivity contribution is 7.11. The van der Waals surface area contributed by atoms with E-state index >= 15 is 0 Å². The van der Waals surface area contributed by atoms with Gasteiger partial charge in [-0.15, -0.1) is 11.3 Å². The van der Waals surface area contributed by atoms with Crippen LogP contribution >= 0.6 is 11.3 Å². The number of amides is 2. The van der Waals surface area contributed by atoms with Crippen molar-refractivity contribution in [2.45, 2.75) is 13.5 Å². The van der Waals surface area contributed by atoms with Gasteiger partial charge < -0.3 is 10.6 Å². The van der Waals surface area contributed by atoms with Crippen molar-refractivity contribution in [3.8, 4) is 0 Å². The first-order chi connectivity index (χ1) is 8.24. The summed E-state index contributed by atoms with van der Waals surface area (Å²) < 4.78 is 0. The van der Waals surface area contributed by atoms with E-state index in [0.29, 0.717) is 12.2 Å². The second-order valence-corrected chi connectivity index (χ2v) is 4.93. The van der Waals surface area contributed by atoms with Crippen molar-refractivity contribution in [2.75, 3.05) is 5.32 Å². The maximum atomic E-state index is 11.5. The summed E-state index contributed by atoms with van der Waals surface area (Å²) in [5.41, 5.74) is 0.687. The molecule has 17 heavy (non-hydrogen) atoms. The maximum absolute atomic E-state index is 11.5. The lowest BCUT2D eigenvalue weighted by Gasteiger charge is -2.05. The number of thiophene rings is 1. The van der Waals surface area contributed by atoms with Gasteiger partial charge >= 0.3 is 6.03 Å². The number of urea groups is 1. The summed E-state index contributed by atoms with van der Waals surface area (Å²) in [6.45, 7) is 2.59. The third kappa shape index (κ3) is 3.57. The Hall–Kier alpha value is -1.88. The first-order valence-corrected chi connectivity index (χ1v) is 6.06. The van der Waals surface area contributed by atoms with Crippen molar-refractivity contribution in [3.63, 3.8) is 0 Å². The van der Waals surface area contributed by atoms with Crippen LogP contribution in [0, 0.1) is 6.92 Å². The Balaban J connectivity index is 1.82. The highest BCUT2D eigenvalue weighted by Gasteiger charge is 2.02. The number of hydrogen-bond acceptors (Lipinski definition) is 3. The average molecular weight is 247 g/mol. The Bertz CT molecular complexity index is 495. The predicted molar refractivity (Wildman–Crippen MR) is 69.2 cm³/mol. The van der Waals surface area contributed by atoms with E-state index < -0.39 is 0 Å². The monoisotopic (exact) mass is 247 g/mol. The lowest BCUT2D eigenvalue weighted by atomic mass is 10.4. The Morgan fingerprint density at radius 1 is 1.41 bits per heavy atom. The molecule has 0 saturated heterocycles. The summed E-state index contributed by atoms with van der Waals surface area (Å²) in [5, 5.41) is 5.50. The molecule has 2 rings (SSSR count). The molecule has 88 valence electrons. The second-order valence-electron chi connectivity index (χ2n) is 3.56. The van der Waals surface area contributed by atoms with Crippen LogP contribution in [-0.2, 0) is 6.54 Å². The van der Waals surface area contributed by atoms with Crippen molar-refractivity contribution >= 4 is 23.1 Å². The third-order valence-electron chi connectivity index (χ3n) is 2.14. The molecule has 5 heteroatoms. The molecule has 0 unspecified atom stereocenters. The second kappa shape index (κ2) is 5.45. The Labute approximate surface area is 104 Å². The smallest absolute Gasteiger partial charge is 0.319 e. The lowest BCUT2D eigenvalue weighted by molar-refractivity contribution is 0.252. The minimum absolute atomic E-state index is 0.218. The van der Waals surface area contributed by atoms with E-state index in [4.69, 9.17) is 0 Å². The largest absolute Gasteiger partial charge is 0.333 e. The Morgan fingerprint density at radius 2 is 2.29 bits per heavy atom. The quantitative estimate of drug-likeness (QED) is 0.876. The van der Waals surface area contributed by atoms with E-state index in [0.717, 1.165) is 4.88 Å². The molecule has 0 aliphatic rings. The summed E-state index contributed by atoms with van der Waals surface area (Å²) in [5.74, 6) is 0. The van der Waals surface area contributed by atoms with Gasteiger partial charge in [-0.25, -0.2) is 4.79 Å². The Kier molecular flexibility index (Phi) is 3.72. The van der Waals surface area contributed by atoms with Gasteiger partial charge in [0.15, 0.2) is 0 Å². The number of pyridine rings is 1. The summed E-state index contributed by atoms with van der Waals surface area (Å²) in [4.78, 5) is 17.9. The average Bonchev–Trinajstić information content (AvgIpc) is 2.74. The van der Waals surface area contributed by atoms with E-state index in [9.17, 15) is 4.79 Å².